The van der Waals surface area contributed by atoms with Gasteiger partial charge in [-0.2, -0.15) is 0 Å². The smallest absolute Gasteiger partial charge is 0.0726 e. The quantitative estimate of drug-likeness (QED) is 0.161. The van der Waals surface area contributed by atoms with E-state index in [0.717, 1.165) is 29.9 Å². The summed E-state index contributed by atoms with van der Waals surface area (Å²) in [6, 6.07) is 89.9. The van der Waals surface area contributed by atoms with Crippen LogP contribution in [-0.4, -0.2) is 0 Å². The van der Waals surface area contributed by atoms with Crippen molar-refractivity contribution in [2.24, 2.45) is 0 Å². The average Bonchev–Trinajstić information content (AvgIpc) is 4.10. The first kappa shape index (κ1) is 41.3. The van der Waals surface area contributed by atoms with Gasteiger partial charge in [-0.15, -0.1) is 0 Å². The van der Waals surface area contributed by atoms with Crippen molar-refractivity contribution in [3.63, 3.8) is 0 Å². The molecule has 0 heterocycles. The molecule has 0 aromatic heterocycles. The zero-order chi connectivity index (χ0) is 47.8. The number of anilines is 3. The molecule has 0 saturated carbocycles. The second kappa shape index (κ2) is 15.2. The number of nitrogens with zero attached hydrogens (tertiary/aromatic N) is 1. The van der Waals surface area contributed by atoms with E-state index in [2.05, 4.69) is 267 Å². The molecule has 0 radical (unpaired) electrons. The Morgan fingerprint density at radius 3 is 1.31 bits per heavy atom. The van der Waals surface area contributed by atoms with Crippen LogP contribution in [0.5, 0.6) is 0 Å². The topological polar surface area (TPSA) is 3.24 Å². The molecule has 15 rings (SSSR count). The summed E-state index contributed by atoms with van der Waals surface area (Å²) in [7, 11) is 0. The number of para-hydroxylation sites is 1. The highest BCUT2D eigenvalue weighted by Gasteiger charge is 2.52. The van der Waals surface area contributed by atoms with E-state index in [4.69, 9.17) is 0 Å². The first-order valence-corrected chi connectivity index (χ1v) is 25.7. The van der Waals surface area contributed by atoms with Crippen LogP contribution in [0.3, 0.4) is 0 Å². The predicted octanol–water partition coefficient (Wildman–Crippen LogP) is 17.9. The van der Waals surface area contributed by atoms with E-state index in [0.29, 0.717) is 0 Å². The Labute approximate surface area is 422 Å². The zero-order valence-corrected chi connectivity index (χ0v) is 40.5. The lowest BCUT2D eigenvalue weighted by Crippen LogP contribution is -2.28. The summed E-state index contributed by atoms with van der Waals surface area (Å²) < 4.78 is 0. The molecule has 5 aliphatic rings. The van der Waals surface area contributed by atoms with Crippen molar-refractivity contribution in [2.45, 2.75) is 42.9 Å². The van der Waals surface area contributed by atoms with Gasteiger partial charge in [0.05, 0.1) is 16.5 Å². The first-order chi connectivity index (χ1) is 35.5. The Kier molecular flexibility index (Phi) is 8.74. The highest BCUT2D eigenvalue weighted by molar-refractivity contribution is 6.00. The number of allylic oxidation sites excluding steroid dienone is 4. The average molecular weight is 918 g/mol. The molecule has 0 fully saturated rings. The number of hydrogen-bond acceptors (Lipinski definition) is 1. The second-order valence-corrected chi connectivity index (χ2v) is 20.9. The summed E-state index contributed by atoms with van der Waals surface area (Å²) >= 11 is 0. The molecule has 340 valence electrons. The minimum atomic E-state index is -0.556. The molecule has 0 saturated heterocycles. The minimum Gasteiger partial charge on any atom is -0.310 e. The highest BCUT2D eigenvalue weighted by Crippen LogP contribution is 2.64. The van der Waals surface area contributed by atoms with Crippen molar-refractivity contribution < 1.29 is 0 Å². The van der Waals surface area contributed by atoms with Gasteiger partial charge in [0.15, 0.2) is 0 Å². The van der Waals surface area contributed by atoms with Gasteiger partial charge < -0.3 is 4.90 Å². The molecule has 0 unspecified atom stereocenters. The summed E-state index contributed by atoms with van der Waals surface area (Å²) in [6.07, 6.45) is 6.89. The maximum absolute atomic E-state index is 2.60. The summed E-state index contributed by atoms with van der Waals surface area (Å²) in [4.78, 5) is 2.60. The van der Waals surface area contributed by atoms with Crippen molar-refractivity contribution in [2.75, 3.05) is 4.90 Å². The van der Waals surface area contributed by atoms with Gasteiger partial charge in [-0.05, 0) is 149 Å². The molecular weight excluding hydrogens is 867 g/mol. The maximum Gasteiger partial charge on any atom is 0.0726 e. The highest BCUT2D eigenvalue weighted by atomic mass is 15.1. The molecule has 72 heavy (non-hydrogen) atoms. The van der Waals surface area contributed by atoms with Crippen molar-refractivity contribution in [1.29, 1.82) is 0 Å². The van der Waals surface area contributed by atoms with Gasteiger partial charge >= 0.3 is 0 Å². The molecule has 5 aliphatic carbocycles. The van der Waals surface area contributed by atoms with Gasteiger partial charge in [-0.3, -0.25) is 0 Å². The molecule has 1 nitrogen and oxygen atoms in total. The third-order valence-electron chi connectivity index (χ3n) is 17.3. The van der Waals surface area contributed by atoms with E-state index < -0.39 is 10.8 Å². The van der Waals surface area contributed by atoms with Gasteiger partial charge in [-0.1, -0.05) is 232 Å². The van der Waals surface area contributed by atoms with E-state index >= 15 is 0 Å². The van der Waals surface area contributed by atoms with Gasteiger partial charge in [-0.25, -0.2) is 0 Å². The molecule has 0 amide bonds. The van der Waals surface area contributed by atoms with Crippen LogP contribution in [0.2, 0.25) is 0 Å². The van der Waals surface area contributed by atoms with Crippen LogP contribution in [0, 0.1) is 0 Å². The maximum atomic E-state index is 2.60. The molecule has 0 bridgehead atoms. The first-order valence-electron chi connectivity index (χ1n) is 25.7. The molecule has 1 heteroatoms. The van der Waals surface area contributed by atoms with Crippen molar-refractivity contribution in [3.8, 4) is 44.5 Å². The zero-order valence-electron chi connectivity index (χ0n) is 40.5. The van der Waals surface area contributed by atoms with Crippen molar-refractivity contribution >= 4 is 22.6 Å². The van der Waals surface area contributed by atoms with E-state index in [1.54, 1.807) is 0 Å². The summed E-state index contributed by atoms with van der Waals surface area (Å²) in [5, 5.41) is 0. The van der Waals surface area contributed by atoms with Crippen molar-refractivity contribution in [1.82, 2.24) is 0 Å². The Morgan fingerprint density at radius 1 is 0.347 bits per heavy atom. The fraction of sp³-hybridized carbons (Fsp3) is 0.0986. The molecule has 10 aromatic rings. The molecule has 0 N–H and O–H groups in total. The predicted molar refractivity (Wildman–Crippen MR) is 298 cm³/mol. The van der Waals surface area contributed by atoms with Crippen LogP contribution in [-0.2, 0) is 16.2 Å². The Bertz CT molecular complexity index is 3750. The van der Waals surface area contributed by atoms with Crippen LogP contribution >= 0.6 is 0 Å². The van der Waals surface area contributed by atoms with Gasteiger partial charge in [0.1, 0.15) is 0 Å². The Hall–Kier alpha value is -8.52. The standard InChI is InChI=1S/C71H51N/c1-69(2)59-33-15-13-31-58(59)68-57(32-21-38-64(68)69)56-30-14-20-39-67(56)72(48-40-42-54-52-28-9-16-34-60(52)70(65(54)44-48,46-22-5-3-6-23-46)47-24-7-4-8-25-47)49-41-43-55-53-29-12-19-37-63(53)71(66(55)45-49)61-35-17-10-26-50(61)51-27-11-18-36-62(51)71/h3-12,14-30,32-45H,13,31H2,1-2H3. The minimum absolute atomic E-state index is 0.0867. The number of rotatable bonds is 6. The number of hydrogen-bond donors (Lipinski definition) is 0. The second-order valence-electron chi connectivity index (χ2n) is 20.9. The summed E-state index contributed by atoms with van der Waals surface area (Å²) in [5.74, 6) is 0. The van der Waals surface area contributed by atoms with Crippen molar-refractivity contribution in [3.05, 3.63) is 310 Å². The van der Waals surface area contributed by atoms with E-state index in [-0.39, 0.29) is 5.41 Å². The van der Waals surface area contributed by atoms with E-state index in [9.17, 15) is 0 Å². The fourth-order valence-electron chi connectivity index (χ4n) is 14.4. The molecule has 0 aliphatic heterocycles. The van der Waals surface area contributed by atoms with Crippen LogP contribution in [0.25, 0.3) is 50.1 Å². The molecule has 1 spiro atoms. The Balaban J connectivity index is 1.03. The molecule has 0 atom stereocenters. The normalized spacial score (nSPS) is 16.0. The van der Waals surface area contributed by atoms with Crippen LogP contribution in [0.1, 0.15) is 82.3 Å². The molecular formula is C71H51N. The fourth-order valence-corrected chi connectivity index (χ4v) is 14.4. The van der Waals surface area contributed by atoms with Crippen LogP contribution < -0.4 is 4.90 Å². The monoisotopic (exact) mass is 917 g/mol. The Morgan fingerprint density at radius 2 is 0.764 bits per heavy atom. The molecule has 10 aromatic carbocycles. The van der Waals surface area contributed by atoms with Crippen LogP contribution in [0.15, 0.2) is 254 Å². The van der Waals surface area contributed by atoms with Gasteiger partial charge in [0.2, 0.25) is 0 Å². The third-order valence-corrected chi connectivity index (χ3v) is 17.3. The third kappa shape index (κ3) is 5.33. The van der Waals surface area contributed by atoms with Gasteiger partial charge in [0, 0.05) is 22.4 Å². The lowest BCUT2D eigenvalue weighted by Gasteiger charge is -2.35. The lowest BCUT2D eigenvalue weighted by molar-refractivity contribution is 0.651. The van der Waals surface area contributed by atoms with Gasteiger partial charge in [0.25, 0.3) is 0 Å². The van der Waals surface area contributed by atoms with E-state index in [1.807, 2.05) is 0 Å². The van der Waals surface area contributed by atoms with Crippen LogP contribution in [0.4, 0.5) is 17.1 Å². The summed E-state index contributed by atoms with van der Waals surface area (Å²) in [6.45, 7) is 4.83. The number of fused-ring (bicyclic) bond motifs is 15. The summed E-state index contributed by atoms with van der Waals surface area (Å²) in [5.41, 5.74) is 28.8. The van der Waals surface area contributed by atoms with E-state index in [1.165, 1.54) is 111 Å². The lowest BCUT2D eigenvalue weighted by atomic mass is 9.67. The SMILES string of the molecule is CC1(C)C2=C(CCC=C2)c2c(-c3ccccc3N(c3ccc4c(c3)C(c3ccccc3)(c3ccccc3)c3ccccc3-4)c3ccc4c(c3)C3(c5ccccc5-c5ccccc53)c3ccccc3-4)cccc21. The number of benzene rings is 10. The largest absolute Gasteiger partial charge is 0.310 e.